The number of hydrogen-bond donors (Lipinski definition) is 1. The summed E-state index contributed by atoms with van der Waals surface area (Å²) in [5.41, 5.74) is 4.36. The number of likely N-dealkylation sites (N-methyl/N-ethyl adjacent to an activating group) is 1. The second-order valence-electron chi connectivity index (χ2n) is 6.84. The van der Waals surface area contributed by atoms with Gasteiger partial charge in [0.2, 0.25) is 5.91 Å². The minimum absolute atomic E-state index is 0.115. The van der Waals surface area contributed by atoms with Gasteiger partial charge in [-0.3, -0.25) is 9.59 Å². The van der Waals surface area contributed by atoms with Crippen LogP contribution in [0.5, 0.6) is 5.75 Å². The van der Waals surface area contributed by atoms with Gasteiger partial charge in [-0.2, -0.15) is 0 Å². The molecule has 5 nitrogen and oxygen atoms in total. The van der Waals surface area contributed by atoms with Crippen LogP contribution in [-0.4, -0.2) is 36.4 Å². The van der Waals surface area contributed by atoms with Crippen molar-refractivity contribution in [3.63, 3.8) is 0 Å². The smallest absolute Gasteiger partial charge is 0.261 e. The predicted octanol–water partition coefficient (Wildman–Crippen LogP) is 3.15. The molecule has 27 heavy (non-hydrogen) atoms. The molecule has 2 rings (SSSR count). The first-order chi connectivity index (χ1) is 12.8. The summed E-state index contributed by atoms with van der Waals surface area (Å²) in [5, 5.41) is 2.61. The number of aryl methyl sites for hydroxylation is 3. The van der Waals surface area contributed by atoms with Gasteiger partial charge in [-0.15, -0.1) is 0 Å². The zero-order valence-electron chi connectivity index (χ0n) is 16.7. The topological polar surface area (TPSA) is 58.6 Å². The molecule has 2 aromatic carbocycles. The van der Waals surface area contributed by atoms with Crippen molar-refractivity contribution in [2.24, 2.45) is 0 Å². The van der Waals surface area contributed by atoms with Crippen molar-refractivity contribution in [3.05, 3.63) is 64.7 Å². The van der Waals surface area contributed by atoms with E-state index in [0.29, 0.717) is 12.3 Å². The van der Waals surface area contributed by atoms with Gasteiger partial charge in [0.05, 0.1) is 0 Å². The third-order valence-corrected chi connectivity index (χ3v) is 4.69. The van der Waals surface area contributed by atoms with Gasteiger partial charge in [-0.25, -0.2) is 0 Å². The van der Waals surface area contributed by atoms with E-state index in [1.807, 2.05) is 63.2 Å². The minimum Gasteiger partial charge on any atom is -0.484 e. The maximum Gasteiger partial charge on any atom is 0.261 e. The first-order valence-corrected chi connectivity index (χ1v) is 9.08. The lowest BCUT2D eigenvalue weighted by molar-refractivity contribution is -0.142. The number of ether oxygens (including phenoxy) is 1. The number of amides is 2. The molecule has 0 heterocycles. The van der Waals surface area contributed by atoms with E-state index in [-0.39, 0.29) is 18.4 Å². The lowest BCUT2D eigenvalue weighted by Crippen LogP contribution is -2.48. The summed E-state index contributed by atoms with van der Waals surface area (Å²) in [6.07, 6.45) is 0. The number of benzene rings is 2. The van der Waals surface area contributed by atoms with Crippen molar-refractivity contribution in [3.8, 4) is 5.75 Å². The van der Waals surface area contributed by atoms with Crippen LogP contribution in [0.1, 0.15) is 29.2 Å². The fraction of sp³-hybridized carbons (Fsp3) is 0.364. The Morgan fingerprint density at radius 2 is 1.81 bits per heavy atom. The first-order valence-electron chi connectivity index (χ1n) is 9.08. The van der Waals surface area contributed by atoms with Gasteiger partial charge < -0.3 is 15.0 Å². The zero-order chi connectivity index (χ0) is 20.0. The van der Waals surface area contributed by atoms with Gasteiger partial charge in [0.25, 0.3) is 5.91 Å². The van der Waals surface area contributed by atoms with Crippen LogP contribution in [0.15, 0.2) is 42.5 Å². The molecule has 0 saturated carbocycles. The largest absolute Gasteiger partial charge is 0.484 e. The molecule has 0 bridgehead atoms. The second kappa shape index (κ2) is 9.21. The molecule has 0 fully saturated rings. The fourth-order valence-corrected chi connectivity index (χ4v) is 2.83. The van der Waals surface area contributed by atoms with E-state index >= 15 is 0 Å². The van der Waals surface area contributed by atoms with Crippen LogP contribution in [0.25, 0.3) is 0 Å². The Labute approximate surface area is 161 Å². The number of carbonyl (C=O) groups is 2. The highest BCUT2D eigenvalue weighted by atomic mass is 16.5. The molecule has 5 heteroatoms. The minimum atomic E-state index is -0.591. The van der Waals surface area contributed by atoms with Crippen LogP contribution in [0.2, 0.25) is 0 Å². The molecule has 2 amide bonds. The van der Waals surface area contributed by atoms with Crippen LogP contribution in [0, 0.1) is 20.8 Å². The molecule has 0 unspecified atom stereocenters. The van der Waals surface area contributed by atoms with Crippen LogP contribution < -0.4 is 10.1 Å². The average molecular weight is 368 g/mol. The van der Waals surface area contributed by atoms with E-state index in [1.54, 1.807) is 18.9 Å². The summed E-state index contributed by atoms with van der Waals surface area (Å²) >= 11 is 0. The van der Waals surface area contributed by atoms with Gasteiger partial charge in [0.1, 0.15) is 11.8 Å². The lowest BCUT2D eigenvalue weighted by Gasteiger charge is -2.28. The molecule has 0 spiro atoms. The molecular formula is C22H28N2O3. The molecule has 0 aliphatic heterocycles. The van der Waals surface area contributed by atoms with Crippen LogP contribution in [-0.2, 0) is 16.1 Å². The highest BCUT2D eigenvalue weighted by molar-refractivity contribution is 5.87. The Bertz CT molecular complexity index is 817. The second-order valence-corrected chi connectivity index (χ2v) is 6.84. The quantitative estimate of drug-likeness (QED) is 0.817. The van der Waals surface area contributed by atoms with Gasteiger partial charge in [-0.05, 0) is 56.5 Å². The monoisotopic (exact) mass is 368 g/mol. The Kier molecular flexibility index (Phi) is 6.99. The third-order valence-electron chi connectivity index (χ3n) is 4.69. The van der Waals surface area contributed by atoms with Crippen molar-refractivity contribution in [2.75, 3.05) is 13.7 Å². The van der Waals surface area contributed by atoms with Crippen LogP contribution in [0.4, 0.5) is 0 Å². The fourth-order valence-electron chi connectivity index (χ4n) is 2.83. The van der Waals surface area contributed by atoms with E-state index in [1.165, 1.54) is 5.56 Å². The maximum absolute atomic E-state index is 12.8. The summed E-state index contributed by atoms with van der Waals surface area (Å²) in [6.45, 7) is 7.99. The number of nitrogens with one attached hydrogen (secondary N) is 1. The van der Waals surface area contributed by atoms with Crippen molar-refractivity contribution < 1.29 is 14.3 Å². The normalized spacial score (nSPS) is 11.6. The average Bonchev–Trinajstić information content (AvgIpc) is 2.65. The highest BCUT2D eigenvalue weighted by Crippen LogP contribution is 2.17. The van der Waals surface area contributed by atoms with Crippen molar-refractivity contribution in [1.29, 1.82) is 0 Å². The first kappa shape index (κ1) is 20.5. The van der Waals surface area contributed by atoms with Gasteiger partial charge in [0.15, 0.2) is 6.61 Å². The van der Waals surface area contributed by atoms with Crippen molar-refractivity contribution in [2.45, 2.75) is 40.3 Å². The van der Waals surface area contributed by atoms with Crippen molar-refractivity contribution >= 4 is 11.8 Å². The van der Waals surface area contributed by atoms with Gasteiger partial charge in [-0.1, -0.05) is 35.9 Å². The molecular weight excluding hydrogens is 340 g/mol. The van der Waals surface area contributed by atoms with Crippen LogP contribution in [0.3, 0.4) is 0 Å². The third kappa shape index (κ3) is 5.58. The molecule has 0 radical (unpaired) electrons. The molecule has 144 valence electrons. The summed E-state index contributed by atoms with van der Waals surface area (Å²) < 4.78 is 5.69. The maximum atomic E-state index is 12.8. The van der Waals surface area contributed by atoms with E-state index in [2.05, 4.69) is 5.32 Å². The van der Waals surface area contributed by atoms with E-state index < -0.39 is 6.04 Å². The molecule has 0 aromatic heterocycles. The molecule has 0 saturated heterocycles. The lowest BCUT2D eigenvalue weighted by atomic mass is 10.1. The Morgan fingerprint density at radius 3 is 2.44 bits per heavy atom. The number of hydrogen-bond acceptors (Lipinski definition) is 3. The number of carbonyl (C=O) groups excluding carboxylic acids is 2. The molecule has 2 aromatic rings. The Balaban J connectivity index is 2.14. The predicted molar refractivity (Wildman–Crippen MR) is 107 cm³/mol. The van der Waals surface area contributed by atoms with Crippen LogP contribution >= 0.6 is 0 Å². The standard InChI is InChI=1S/C22H28N2O3/c1-15-7-6-8-19(11-15)13-24(18(4)22(26)23-5)21(25)14-27-20-10-9-16(2)17(3)12-20/h6-12,18H,13-14H2,1-5H3,(H,23,26)/t18-/m1/s1. The van der Waals surface area contributed by atoms with Crippen molar-refractivity contribution in [1.82, 2.24) is 10.2 Å². The summed E-state index contributed by atoms with van der Waals surface area (Å²) in [4.78, 5) is 26.5. The number of rotatable bonds is 7. The van der Waals surface area contributed by atoms with E-state index in [0.717, 1.165) is 16.7 Å². The molecule has 1 atom stereocenters. The highest BCUT2D eigenvalue weighted by Gasteiger charge is 2.25. The Morgan fingerprint density at radius 1 is 1.07 bits per heavy atom. The molecule has 0 aliphatic rings. The summed E-state index contributed by atoms with van der Waals surface area (Å²) in [7, 11) is 1.57. The Hall–Kier alpha value is -2.82. The SMILES string of the molecule is CNC(=O)[C@@H](C)N(Cc1cccc(C)c1)C(=O)COc1ccc(C)c(C)c1. The number of nitrogens with zero attached hydrogens (tertiary/aromatic N) is 1. The summed E-state index contributed by atoms with van der Waals surface area (Å²) in [5.74, 6) is 0.211. The van der Waals surface area contributed by atoms with E-state index in [9.17, 15) is 9.59 Å². The molecule has 1 N–H and O–H groups in total. The summed E-state index contributed by atoms with van der Waals surface area (Å²) in [6, 6.07) is 13.1. The zero-order valence-corrected chi connectivity index (χ0v) is 16.7. The molecule has 0 aliphatic carbocycles. The van der Waals surface area contributed by atoms with E-state index in [4.69, 9.17) is 4.74 Å². The van der Waals surface area contributed by atoms with Gasteiger partial charge in [0, 0.05) is 13.6 Å². The van der Waals surface area contributed by atoms with Gasteiger partial charge >= 0.3 is 0 Å².